The molecule has 8 heteroatoms. The minimum absolute atomic E-state index is 0.0939. The molecule has 0 spiro atoms. The summed E-state index contributed by atoms with van der Waals surface area (Å²) in [4.78, 5) is 15.4. The molecule has 0 saturated carbocycles. The molecule has 6 nitrogen and oxygen atoms in total. The van der Waals surface area contributed by atoms with E-state index in [1.165, 1.54) is 70.4 Å². The maximum atomic E-state index is 11.3. The van der Waals surface area contributed by atoms with Crippen molar-refractivity contribution in [1.29, 1.82) is 5.26 Å². The van der Waals surface area contributed by atoms with Gasteiger partial charge in [-0.05, 0) is 12.8 Å². The summed E-state index contributed by atoms with van der Waals surface area (Å²) >= 11 is 1.60. The van der Waals surface area contributed by atoms with E-state index in [0.717, 1.165) is 64.4 Å². The van der Waals surface area contributed by atoms with Crippen molar-refractivity contribution >= 4 is 54.9 Å². The molecule has 0 aliphatic rings. The van der Waals surface area contributed by atoms with Crippen LogP contribution in [-0.2, 0) is 4.79 Å². The number of hydrogen-bond donors (Lipinski definition) is 1. The summed E-state index contributed by atoms with van der Waals surface area (Å²) in [5.41, 5.74) is 4.05. The topological polar surface area (TPSA) is 82.8 Å². The summed E-state index contributed by atoms with van der Waals surface area (Å²) in [7, 11) is 0. The van der Waals surface area contributed by atoms with Crippen LogP contribution in [0.2, 0.25) is 0 Å². The normalized spacial score (nSPS) is 11.3. The van der Waals surface area contributed by atoms with Crippen LogP contribution in [0.15, 0.2) is 103 Å². The van der Waals surface area contributed by atoms with Crippen molar-refractivity contribution in [3.05, 3.63) is 108 Å². The van der Waals surface area contributed by atoms with Crippen LogP contribution in [0.25, 0.3) is 25.4 Å². The minimum atomic E-state index is -1.21. The monoisotopic (exact) mass is 752 g/mol. The third-order valence-electron chi connectivity index (χ3n) is 8.25. The van der Waals surface area contributed by atoms with E-state index >= 15 is 0 Å². The van der Waals surface area contributed by atoms with E-state index in [9.17, 15) is 9.90 Å². The Morgan fingerprint density at radius 2 is 1.24 bits per heavy atom. The molecule has 0 radical (unpaired) electrons. The number of hydrogen-bond acceptors (Lipinski definition) is 6. The predicted octanol–water partition coefficient (Wildman–Crippen LogP) is 11.5. The number of carboxylic acid groups (broad SMARTS) is 1. The van der Waals surface area contributed by atoms with Crippen LogP contribution >= 0.6 is 11.3 Å². The van der Waals surface area contributed by atoms with Crippen molar-refractivity contribution in [2.75, 3.05) is 18.1 Å². The Morgan fingerprint density at radius 1 is 0.720 bits per heavy atom. The van der Waals surface area contributed by atoms with Gasteiger partial charge in [0.1, 0.15) is 0 Å². The number of nitrogens with zero attached hydrogens (tertiary/aromatic N) is 2. The number of rotatable bonds is 19. The Hall–Kier alpha value is -4.54. The molecule has 0 atom stereocenters. The van der Waals surface area contributed by atoms with Gasteiger partial charge in [-0.1, -0.05) is 52.4 Å². The summed E-state index contributed by atoms with van der Waals surface area (Å²) in [5.74, 6) is 0.552. The second kappa shape index (κ2) is 19.0. The number of unbranched alkanes of at least 4 members (excludes halogenated alkanes) is 6. The average molecular weight is 752 g/mol. The van der Waals surface area contributed by atoms with E-state index in [1.807, 2.05) is 12.1 Å². The van der Waals surface area contributed by atoms with Crippen molar-refractivity contribution < 1.29 is 19.4 Å². The molecular formula is C42H44N2O4SSe. The van der Waals surface area contributed by atoms with Crippen LogP contribution in [0, 0.1) is 11.3 Å². The van der Waals surface area contributed by atoms with Crippen LogP contribution in [0.1, 0.15) is 70.1 Å². The van der Waals surface area contributed by atoms with E-state index < -0.39 is 5.97 Å². The molecule has 5 aromatic rings. The maximum absolute atomic E-state index is 11.3. The summed E-state index contributed by atoms with van der Waals surface area (Å²) in [6.07, 6.45) is 10.9. The SMILES string of the molecule is CCCCCCOc1ccc(N(c2ccc(OCCCCCC)cc2)c2ccc(-c3ccc(-c4ccc(/C=C(/C#N)C(=O)O)s4)[se]3)cc2)cc1. The van der Waals surface area contributed by atoms with Crippen LogP contribution < -0.4 is 14.4 Å². The number of ether oxygens (including phenoxy) is 2. The van der Waals surface area contributed by atoms with Gasteiger partial charge in [0.25, 0.3) is 0 Å². The number of anilines is 3. The number of carboxylic acids is 1. The van der Waals surface area contributed by atoms with Crippen molar-refractivity contribution in [1.82, 2.24) is 0 Å². The Labute approximate surface area is 306 Å². The first-order valence-corrected chi connectivity index (χ1v) is 19.9. The molecule has 0 amide bonds. The van der Waals surface area contributed by atoms with Gasteiger partial charge < -0.3 is 0 Å². The van der Waals surface area contributed by atoms with E-state index in [0.29, 0.717) is 0 Å². The van der Waals surface area contributed by atoms with Crippen LogP contribution in [0.5, 0.6) is 11.5 Å². The van der Waals surface area contributed by atoms with Gasteiger partial charge >= 0.3 is 242 Å². The van der Waals surface area contributed by atoms with Crippen LogP contribution in [0.3, 0.4) is 0 Å². The molecule has 1 N–H and O–H groups in total. The molecule has 0 fully saturated rings. The third-order valence-corrected chi connectivity index (χ3v) is 12.1. The number of thiophene rings is 1. The van der Waals surface area contributed by atoms with E-state index in [4.69, 9.17) is 14.7 Å². The van der Waals surface area contributed by atoms with Gasteiger partial charge in [-0.15, -0.1) is 0 Å². The Bertz CT molecular complexity index is 1810. The summed E-state index contributed by atoms with van der Waals surface area (Å²) in [6, 6.07) is 35.4. The van der Waals surface area contributed by atoms with Gasteiger partial charge in [-0.25, -0.2) is 0 Å². The van der Waals surface area contributed by atoms with Crippen LogP contribution in [0.4, 0.5) is 17.1 Å². The van der Waals surface area contributed by atoms with Gasteiger partial charge in [0.2, 0.25) is 0 Å². The molecule has 0 unspecified atom stereocenters. The fraction of sp³-hybridized carbons (Fsp3) is 0.286. The predicted molar refractivity (Wildman–Crippen MR) is 207 cm³/mol. The fourth-order valence-corrected chi connectivity index (χ4v) is 8.82. The second-order valence-corrected chi connectivity index (χ2v) is 15.4. The number of carbonyl (C=O) groups is 1. The summed E-state index contributed by atoms with van der Waals surface area (Å²) in [6.45, 7) is 5.90. The molecule has 2 heterocycles. The van der Waals surface area contributed by atoms with Gasteiger partial charge in [0.05, 0.1) is 0 Å². The van der Waals surface area contributed by atoms with Gasteiger partial charge in [0.15, 0.2) is 0 Å². The first-order chi connectivity index (χ1) is 24.5. The molecule has 258 valence electrons. The zero-order valence-corrected chi connectivity index (χ0v) is 31.3. The molecule has 0 aliphatic heterocycles. The van der Waals surface area contributed by atoms with Crippen molar-refractivity contribution in [3.63, 3.8) is 0 Å². The molecule has 5 rings (SSSR count). The van der Waals surface area contributed by atoms with Gasteiger partial charge in [-0.3, -0.25) is 0 Å². The van der Waals surface area contributed by atoms with Gasteiger partial charge in [-0.2, -0.15) is 0 Å². The average Bonchev–Trinajstić information content (AvgIpc) is 3.82. The van der Waals surface area contributed by atoms with Crippen molar-refractivity contribution in [2.45, 2.75) is 65.2 Å². The summed E-state index contributed by atoms with van der Waals surface area (Å²) in [5, 5.41) is 18.3. The first-order valence-electron chi connectivity index (χ1n) is 17.4. The molecule has 50 heavy (non-hydrogen) atoms. The molecular weight excluding hydrogens is 707 g/mol. The Balaban J connectivity index is 1.35. The zero-order valence-electron chi connectivity index (χ0n) is 28.8. The standard InChI is InChI=1S/C42H44N2O4SSe/c1-3-5-7-9-27-47-36-19-15-34(16-20-36)44(35-17-21-37(22-18-35)48-28-10-8-6-4-2)33-13-11-31(12-14-33)40-25-26-41(50-40)39-24-23-38(49-39)29-32(30-43)42(45)46/h11-26,29H,3-10,27-28H2,1-2H3,(H,45,46)/b32-29-. The van der Waals surface area contributed by atoms with E-state index in [2.05, 4.69) is 104 Å². The van der Waals surface area contributed by atoms with Gasteiger partial charge in [0, 0.05) is 0 Å². The van der Waals surface area contributed by atoms with E-state index in [-0.39, 0.29) is 20.1 Å². The Morgan fingerprint density at radius 3 is 1.74 bits per heavy atom. The van der Waals surface area contributed by atoms with Crippen molar-refractivity contribution in [2.24, 2.45) is 0 Å². The summed E-state index contributed by atoms with van der Waals surface area (Å²) < 4.78 is 14.6. The zero-order chi connectivity index (χ0) is 35.1. The molecule has 0 bridgehead atoms. The fourth-order valence-electron chi connectivity index (χ4n) is 5.51. The molecule has 3 aromatic carbocycles. The number of aliphatic carboxylic acids is 1. The number of nitriles is 1. The van der Waals surface area contributed by atoms with Crippen molar-refractivity contribution in [3.8, 4) is 36.9 Å². The third kappa shape index (κ3) is 10.2. The quantitative estimate of drug-likeness (QED) is 0.0391. The molecule has 2 aromatic heterocycles. The van der Waals surface area contributed by atoms with E-state index in [1.54, 1.807) is 6.07 Å². The molecule has 0 saturated heterocycles. The number of benzene rings is 3. The van der Waals surface area contributed by atoms with Crippen LogP contribution in [-0.4, -0.2) is 38.8 Å². The second-order valence-electron chi connectivity index (χ2n) is 12.0. The first kappa shape index (κ1) is 36.7. The molecule has 0 aliphatic carbocycles. The Kier molecular flexibility index (Phi) is 14.0.